The number of fused-ring (bicyclic) bond motifs is 4. The molecule has 2 aromatic heterocycles. The number of aryl methyl sites for hydroxylation is 3. The highest BCUT2D eigenvalue weighted by Crippen LogP contribution is 2.43. The average molecular weight is 765 g/mol. The van der Waals surface area contributed by atoms with E-state index in [9.17, 15) is 16.8 Å². The number of sulfone groups is 2. The Morgan fingerprint density at radius 3 is 1.69 bits per heavy atom. The van der Waals surface area contributed by atoms with Crippen molar-refractivity contribution in [3.63, 3.8) is 0 Å². The first-order chi connectivity index (χ1) is 25.7. The Kier molecular flexibility index (Phi) is 8.19. The van der Waals surface area contributed by atoms with Gasteiger partial charge in [-0.3, -0.25) is 9.98 Å². The molecule has 0 radical (unpaired) electrons. The van der Waals surface area contributed by atoms with Gasteiger partial charge in [0.05, 0.1) is 44.2 Å². The fourth-order valence-electron chi connectivity index (χ4n) is 5.98. The van der Waals surface area contributed by atoms with E-state index in [1.165, 1.54) is 59.7 Å². The van der Waals surface area contributed by atoms with Gasteiger partial charge >= 0.3 is 6.16 Å². The van der Waals surface area contributed by atoms with Crippen LogP contribution in [0.4, 0.5) is 11.4 Å². The van der Waals surface area contributed by atoms with E-state index in [1.807, 2.05) is 62.4 Å². The summed E-state index contributed by atoms with van der Waals surface area (Å²) >= 11 is 0. The van der Waals surface area contributed by atoms with Crippen molar-refractivity contribution in [2.24, 2.45) is 9.98 Å². The van der Waals surface area contributed by atoms with Gasteiger partial charge in [0.15, 0.2) is 31.2 Å². The number of hydrogen-bond acceptors (Lipinski definition) is 12. The zero-order valence-electron chi connectivity index (χ0n) is 29.6. The van der Waals surface area contributed by atoms with Crippen LogP contribution in [0.3, 0.4) is 0 Å². The van der Waals surface area contributed by atoms with Crippen LogP contribution in [0.25, 0.3) is 11.4 Å². The lowest BCUT2D eigenvalue weighted by Gasteiger charge is -2.32. The molecule has 6 aromatic rings. The van der Waals surface area contributed by atoms with E-state index in [0.717, 1.165) is 23.6 Å². The molecular formula is C38H32N6O8S2. The third-order valence-corrected chi connectivity index (χ3v) is 11.0. The lowest BCUT2D eigenvalue weighted by atomic mass is 10.2. The van der Waals surface area contributed by atoms with Gasteiger partial charge in [-0.05, 0) is 80.4 Å². The predicted octanol–water partition coefficient (Wildman–Crippen LogP) is 6.15. The highest BCUT2D eigenvalue weighted by Gasteiger charge is 2.49. The first kappa shape index (κ1) is 34.8. The van der Waals surface area contributed by atoms with Gasteiger partial charge in [0.25, 0.3) is 0 Å². The SMILES string of the molecule is Cc1ccccc1-n1ncc2c1OC1(Oc3ccc(S(C)(=O)=O)cc3/N=C/2)Oc2ccc(S(C)(=O)=O)cc2/N=C/c2c(C)nn(-c3ccccc3C)c2O1. The molecule has 0 aliphatic carbocycles. The summed E-state index contributed by atoms with van der Waals surface area (Å²) in [5, 5.41) is 9.44. The molecule has 0 amide bonds. The van der Waals surface area contributed by atoms with Crippen LogP contribution >= 0.6 is 0 Å². The van der Waals surface area contributed by atoms with E-state index < -0.39 is 25.8 Å². The second-order valence-electron chi connectivity index (χ2n) is 12.8. The molecular weight excluding hydrogens is 733 g/mol. The maximum Gasteiger partial charge on any atom is 0.613 e. The smallest absolute Gasteiger partial charge is 0.384 e. The van der Waals surface area contributed by atoms with Gasteiger partial charge in [-0.25, -0.2) is 16.8 Å². The second-order valence-corrected chi connectivity index (χ2v) is 16.9. The van der Waals surface area contributed by atoms with Crippen LogP contribution < -0.4 is 18.9 Å². The van der Waals surface area contributed by atoms with Crippen LogP contribution in [0.15, 0.2) is 111 Å². The number of aliphatic imine (C=N–C) groups is 2. The number of rotatable bonds is 4. The topological polar surface area (TPSA) is 166 Å². The number of nitrogens with zero attached hydrogens (tertiary/aromatic N) is 6. The predicted molar refractivity (Wildman–Crippen MR) is 200 cm³/mol. The highest BCUT2D eigenvalue weighted by molar-refractivity contribution is 7.91. The van der Waals surface area contributed by atoms with Crippen LogP contribution in [0.1, 0.15) is 27.9 Å². The zero-order valence-corrected chi connectivity index (χ0v) is 31.2. The number of benzene rings is 4. The summed E-state index contributed by atoms with van der Waals surface area (Å²) in [5.41, 5.74) is 4.53. The summed E-state index contributed by atoms with van der Waals surface area (Å²) in [4.78, 5) is 9.29. The minimum atomic E-state index is -3.67. The van der Waals surface area contributed by atoms with Crippen molar-refractivity contribution in [3.05, 3.63) is 119 Å². The Bertz CT molecular complexity index is 2790. The number of para-hydroxylation sites is 2. The van der Waals surface area contributed by atoms with Crippen LogP contribution in [0.2, 0.25) is 0 Å². The van der Waals surface area contributed by atoms with E-state index in [0.29, 0.717) is 28.2 Å². The van der Waals surface area contributed by atoms with E-state index >= 15 is 0 Å². The molecule has 0 saturated carbocycles. The van der Waals surface area contributed by atoms with Gasteiger partial charge in [0, 0.05) is 24.9 Å². The molecule has 2 aliphatic heterocycles. The Morgan fingerprint density at radius 2 is 1.13 bits per heavy atom. The summed E-state index contributed by atoms with van der Waals surface area (Å²) in [5.74, 6) is 0.224. The molecule has 54 heavy (non-hydrogen) atoms. The second kappa shape index (κ2) is 12.7. The summed E-state index contributed by atoms with van der Waals surface area (Å²) in [7, 11) is -7.33. The maximum absolute atomic E-state index is 12.7. The average Bonchev–Trinajstić information content (AvgIpc) is 3.67. The van der Waals surface area contributed by atoms with Gasteiger partial charge in [0.2, 0.25) is 11.8 Å². The van der Waals surface area contributed by atoms with Crippen molar-refractivity contribution in [1.82, 2.24) is 19.6 Å². The standard InChI is InChI=1S/C38H32N6O8S2/c1-23-10-6-8-12-32(23)43-36-26(21-41-43)20-39-30-18-27(53(4,45)46)14-16-34(30)49-38(51-36)50-35-17-15-28(54(5,47)48)19-31(35)40-22-29-25(3)42-44(37(29)52-38)33-13-9-7-11-24(33)2/h6-22H,1-5H3/b39-20+,40-22+. The Labute approximate surface area is 310 Å². The first-order valence-electron chi connectivity index (χ1n) is 16.5. The van der Waals surface area contributed by atoms with E-state index in [1.54, 1.807) is 11.6 Å². The highest BCUT2D eigenvalue weighted by atomic mass is 32.2. The third kappa shape index (κ3) is 6.28. The Balaban J connectivity index is 1.44. The number of ether oxygens (including phenoxy) is 4. The Morgan fingerprint density at radius 1 is 0.611 bits per heavy atom. The van der Waals surface area contributed by atoms with Crippen molar-refractivity contribution in [2.45, 2.75) is 36.7 Å². The molecule has 14 nitrogen and oxygen atoms in total. The molecule has 0 bridgehead atoms. The summed E-state index contributed by atoms with van der Waals surface area (Å²) in [6, 6.07) is 23.4. The largest absolute Gasteiger partial charge is 0.613 e. The first-order valence-corrected chi connectivity index (χ1v) is 20.3. The van der Waals surface area contributed by atoms with Crippen LogP contribution in [-0.4, -0.2) is 67.5 Å². The monoisotopic (exact) mass is 764 g/mol. The lowest BCUT2D eigenvalue weighted by molar-refractivity contribution is -0.369. The summed E-state index contributed by atoms with van der Waals surface area (Å²) in [6.07, 6.45) is 4.08. The van der Waals surface area contributed by atoms with Crippen molar-refractivity contribution in [3.8, 4) is 34.6 Å². The zero-order chi connectivity index (χ0) is 38.0. The third-order valence-electron chi connectivity index (χ3n) is 8.81. The normalized spacial score (nSPS) is 17.5. The van der Waals surface area contributed by atoms with Crippen molar-refractivity contribution >= 4 is 43.5 Å². The lowest BCUT2D eigenvalue weighted by Crippen LogP contribution is -2.54. The number of aromatic nitrogens is 4. The van der Waals surface area contributed by atoms with Gasteiger partial charge in [-0.15, -0.1) is 0 Å². The molecule has 4 aromatic carbocycles. The molecule has 1 atom stereocenters. The summed E-state index contributed by atoms with van der Waals surface area (Å²) < 4.78 is 80.9. The molecule has 0 N–H and O–H groups in total. The molecule has 0 saturated heterocycles. The minimum absolute atomic E-state index is 0.00738. The van der Waals surface area contributed by atoms with Gasteiger partial charge in [-0.2, -0.15) is 19.6 Å². The summed E-state index contributed by atoms with van der Waals surface area (Å²) in [6.45, 7) is 5.61. The minimum Gasteiger partial charge on any atom is -0.384 e. The van der Waals surface area contributed by atoms with Crippen molar-refractivity contribution in [2.75, 3.05) is 12.5 Å². The molecule has 274 valence electrons. The molecule has 0 fully saturated rings. The van der Waals surface area contributed by atoms with Gasteiger partial charge in [-0.1, -0.05) is 36.4 Å². The Hall–Kier alpha value is -6.26. The van der Waals surface area contributed by atoms with Crippen molar-refractivity contribution in [1.29, 1.82) is 0 Å². The molecule has 2 aliphatic rings. The molecule has 1 unspecified atom stereocenters. The fourth-order valence-corrected chi connectivity index (χ4v) is 7.26. The van der Waals surface area contributed by atoms with Crippen molar-refractivity contribution < 1.29 is 35.8 Å². The number of hydrogen-bond donors (Lipinski definition) is 0. The molecule has 8 rings (SSSR count). The van der Waals surface area contributed by atoms with Crippen LogP contribution in [-0.2, 0) is 19.7 Å². The maximum atomic E-state index is 12.7. The fraction of sp³-hybridized carbons (Fsp3) is 0.158. The van der Waals surface area contributed by atoms with Crippen LogP contribution in [0.5, 0.6) is 23.3 Å². The molecule has 4 heterocycles. The van der Waals surface area contributed by atoms with Gasteiger partial charge in [0.1, 0.15) is 11.4 Å². The quantitative estimate of drug-likeness (QED) is 0.203. The van der Waals surface area contributed by atoms with E-state index in [-0.39, 0.29) is 44.4 Å². The molecule has 1 spiro atoms. The van der Waals surface area contributed by atoms with E-state index in [2.05, 4.69) is 15.1 Å². The van der Waals surface area contributed by atoms with Crippen LogP contribution in [0, 0.1) is 20.8 Å². The molecule has 16 heteroatoms. The van der Waals surface area contributed by atoms with Gasteiger partial charge < -0.3 is 18.9 Å². The van der Waals surface area contributed by atoms with E-state index in [4.69, 9.17) is 24.0 Å².